The van der Waals surface area contributed by atoms with Crippen molar-refractivity contribution >= 4 is 5.91 Å². The number of nitrogens with zero attached hydrogens (tertiary/aromatic N) is 1. The Bertz CT molecular complexity index is 300. The molecule has 0 spiro atoms. The number of carbonyl (C=O) groups is 1. The fraction of sp³-hybridized carbons (Fsp3) is 0.923. The van der Waals surface area contributed by atoms with Crippen LogP contribution in [-0.4, -0.2) is 34.6 Å². The Labute approximate surface area is 96.8 Å². The van der Waals surface area contributed by atoms with Crippen molar-refractivity contribution < 1.29 is 9.90 Å². The Morgan fingerprint density at radius 2 is 2.00 bits per heavy atom. The molecule has 0 bridgehead atoms. The zero-order chi connectivity index (χ0) is 11.2. The third kappa shape index (κ3) is 1.75. The van der Waals surface area contributed by atoms with E-state index in [0.717, 1.165) is 51.6 Å². The first-order valence-electron chi connectivity index (χ1n) is 6.70. The third-order valence-corrected chi connectivity index (χ3v) is 4.67. The second-order valence-electron chi connectivity index (χ2n) is 5.85. The van der Waals surface area contributed by atoms with Crippen LogP contribution in [0.5, 0.6) is 0 Å². The van der Waals surface area contributed by atoms with Crippen molar-refractivity contribution in [3.8, 4) is 0 Å². The van der Waals surface area contributed by atoms with Crippen molar-refractivity contribution in [1.29, 1.82) is 0 Å². The molecule has 2 atom stereocenters. The molecule has 1 heterocycles. The van der Waals surface area contributed by atoms with Gasteiger partial charge in [-0.25, -0.2) is 0 Å². The SMILES string of the molecule is O=C(C1CC1)N1CCC2(O)CCCCC2C1. The van der Waals surface area contributed by atoms with Crippen molar-refractivity contribution in [2.75, 3.05) is 13.1 Å². The minimum absolute atomic E-state index is 0.329. The third-order valence-electron chi connectivity index (χ3n) is 4.67. The van der Waals surface area contributed by atoms with E-state index in [-0.39, 0.29) is 0 Å². The molecule has 16 heavy (non-hydrogen) atoms. The fourth-order valence-corrected chi connectivity index (χ4v) is 3.36. The van der Waals surface area contributed by atoms with Gasteiger partial charge in [0.1, 0.15) is 0 Å². The van der Waals surface area contributed by atoms with E-state index < -0.39 is 5.60 Å². The van der Waals surface area contributed by atoms with E-state index in [0.29, 0.717) is 17.7 Å². The molecule has 1 amide bonds. The van der Waals surface area contributed by atoms with Gasteiger partial charge in [-0.1, -0.05) is 12.8 Å². The van der Waals surface area contributed by atoms with Gasteiger partial charge in [0.2, 0.25) is 5.91 Å². The summed E-state index contributed by atoms with van der Waals surface area (Å²) in [4.78, 5) is 14.0. The number of fused-ring (bicyclic) bond motifs is 1. The molecule has 0 radical (unpaired) electrons. The predicted molar refractivity (Wildman–Crippen MR) is 60.8 cm³/mol. The number of piperidine rings is 1. The molecule has 3 fully saturated rings. The normalized spacial score (nSPS) is 39.3. The van der Waals surface area contributed by atoms with E-state index in [4.69, 9.17) is 0 Å². The van der Waals surface area contributed by atoms with Gasteiger partial charge in [-0.2, -0.15) is 0 Å². The van der Waals surface area contributed by atoms with Crippen molar-refractivity contribution in [3.63, 3.8) is 0 Å². The lowest BCUT2D eigenvalue weighted by molar-refractivity contribution is -0.144. The highest BCUT2D eigenvalue weighted by Gasteiger charge is 2.45. The minimum Gasteiger partial charge on any atom is -0.389 e. The molecular formula is C13H21NO2. The molecule has 0 aromatic heterocycles. The van der Waals surface area contributed by atoms with Crippen LogP contribution in [0.2, 0.25) is 0 Å². The molecule has 1 saturated heterocycles. The number of likely N-dealkylation sites (tertiary alicyclic amines) is 1. The zero-order valence-corrected chi connectivity index (χ0v) is 9.82. The van der Waals surface area contributed by atoms with Crippen LogP contribution in [-0.2, 0) is 4.79 Å². The molecule has 1 aliphatic heterocycles. The second kappa shape index (κ2) is 3.73. The standard InChI is InChI=1S/C13H21NO2/c15-12(10-4-5-10)14-8-7-13(16)6-2-1-3-11(13)9-14/h10-11,16H,1-9H2. The average molecular weight is 223 g/mol. The highest BCUT2D eigenvalue weighted by molar-refractivity contribution is 5.81. The molecule has 2 saturated carbocycles. The lowest BCUT2D eigenvalue weighted by atomic mass is 9.71. The first-order chi connectivity index (χ1) is 7.69. The zero-order valence-electron chi connectivity index (χ0n) is 9.82. The van der Waals surface area contributed by atoms with E-state index in [9.17, 15) is 9.90 Å². The number of amides is 1. The summed E-state index contributed by atoms with van der Waals surface area (Å²) in [6.07, 6.45) is 7.40. The van der Waals surface area contributed by atoms with Gasteiger partial charge in [0.05, 0.1) is 5.60 Å². The molecular weight excluding hydrogens is 202 g/mol. The summed E-state index contributed by atoms with van der Waals surface area (Å²) in [5, 5.41) is 10.5. The quantitative estimate of drug-likeness (QED) is 0.732. The van der Waals surface area contributed by atoms with Gasteiger partial charge in [-0.15, -0.1) is 0 Å². The van der Waals surface area contributed by atoms with Crippen molar-refractivity contribution in [2.45, 2.75) is 50.5 Å². The Morgan fingerprint density at radius 1 is 1.19 bits per heavy atom. The maximum Gasteiger partial charge on any atom is 0.225 e. The highest BCUT2D eigenvalue weighted by atomic mass is 16.3. The minimum atomic E-state index is -0.446. The van der Waals surface area contributed by atoms with E-state index in [1.54, 1.807) is 0 Å². The summed E-state index contributed by atoms with van der Waals surface area (Å²) in [6.45, 7) is 1.59. The number of hydrogen-bond donors (Lipinski definition) is 1. The lowest BCUT2D eigenvalue weighted by Crippen LogP contribution is -2.54. The van der Waals surface area contributed by atoms with E-state index in [2.05, 4.69) is 0 Å². The van der Waals surface area contributed by atoms with Gasteiger partial charge in [-0.05, 0) is 32.1 Å². The Morgan fingerprint density at radius 3 is 2.75 bits per heavy atom. The topological polar surface area (TPSA) is 40.5 Å². The van der Waals surface area contributed by atoms with E-state index in [1.165, 1.54) is 6.42 Å². The molecule has 1 N–H and O–H groups in total. The van der Waals surface area contributed by atoms with Gasteiger partial charge < -0.3 is 10.0 Å². The van der Waals surface area contributed by atoms with Crippen LogP contribution in [0, 0.1) is 11.8 Å². The van der Waals surface area contributed by atoms with Crippen LogP contribution < -0.4 is 0 Å². The largest absolute Gasteiger partial charge is 0.389 e. The van der Waals surface area contributed by atoms with Crippen molar-refractivity contribution in [3.05, 3.63) is 0 Å². The highest BCUT2D eigenvalue weighted by Crippen LogP contribution is 2.41. The van der Waals surface area contributed by atoms with E-state index in [1.807, 2.05) is 4.90 Å². The van der Waals surface area contributed by atoms with Gasteiger partial charge in [0, 0.05) is 24.9 Å². The summed E-state index contributed by atoms with van der Waals surface area (Å²) in [5.41, 5.74) is -0.446. The maximum absolute atomic E-state index is 12.0. The molecule has 0 aromatic carbocycles. The smallest absolute Gasteiger partial charge is 0.225 e. The van der Waals surface area contributed by atoms with E-state index >= 15 is 0 Å². The molecule has 2 aliphatic carbocycles. The number of aliphatic hydroxyl groups is 1. The summed E-state index contributed by atoms with van der Waals surface area (Å²) in [7, 11) is 0. The van der Waals surface area contributed by atoms with Crippen LogP contribution in [0.4, 0.5) is 0 Å². The first-order valence-corrected chi connectivity index (χ1v) is 6.70. The van der Waals surface area contributed by atoms with Crippen LogP contribution in [0.25, 0.3) is 0 Å². The van der Waals surface area contributed by atoms with Gasteiger partial charge in [0.15, 0.2) is 0 Å². The fourth-order valence-electron chi connectivity index (χ4n) is 3.36. The van der Waals surface area contributed by atoms with Gasteiger partial charge in [0.25, 0.3) is 0 Å². The summed E-state index contributed by atoms with van der Waals surface area (Å²) < 4.78 is 0. The van der Waals surface area contributed by atoms with Crippen LogP contribution in [0.1, 0.15) is 44.9 Å². The lowest BCUT2D eigenvalue weighted by Gasteiger charge is -2.47. The van der Waals surface area contributed by atoms with Crippen LogP contribution >= 0.6 is 0 Å². The van der Waals surface area contributed by atoms with Gasteiger partial charge in [-0.3, -0.25) is 4.79 Å². The molecule has 2 unspecified atom stereocenters. The summed E-state index contributed by atoms with van der Waals surface area (Å²) in [5.74, 6) is 1.03. The maximum atomic E-state index is 12.0. The number of rotatable bonds is 1. The monoisotopic (exact) mass is 223 g/mol. The van der Waals surface area contributed by atoms with Crippen LogP contribution in [0.3, 0.4) is 0 Å². The molecule has 0 aromatic rings. The number of hydrogen-bond acceptors (Lipinski definition) is 2. The Balaban J connectivity index is 1.67. The molecule has 3 rings (SSSR count). The molecule has 90 valence electrons. The molecule has 3 heteroatoms. The molecule has 3 aliphatic rings. The average Bonchev–Trinajstić information content (AvgIpc) is 3.11. The predicted octanol–water partition coefficient (Wildman–Crippen LogP) is 1.55. The van der Waals surface area contributed by atoms with Gasteiger partial charge >= 0.3 is 0 Å². The number of carbonyl (C=O) groups excluding carboxylic acids is 1. The second-order valence-corrected chi connectivity index (χ2v) is 5.85. The first kappa shape index (κ1) is 10.6. The van der Waals surface area contributed by atoms with Crippen molar-refractivity contribution in [2.24, 2.45) is 11.8 Å². The van der Waals surface area contributed by atoms with Crippen LogP contribution in [0.15, 0.2) is 0 Å². The summed E-state index contributed by atoms with van der Waals surface area (Å²) in [6, 6.07) is 0. The Hall–Kier alpha value is -0.570. The summed E-state index contributed by atoms with van der Waals surface area (Å²) >= 11 is 0. The Kier molecular flexibility index (Phi) is 2.46. The van der Waals surface area contributed by atoms with Crippen molar-refractivity contribution in [1.82, 2.24) is 4.90 Å². The molecule has 3 nitrogen and oxygen atoms in total.